The maximum absolute atomic E-state index is 12.0. The summed E-state index contributed by atoms with van der Waals surface area (Å²) in [6.45, 7) is 1.75. The number of carbonyl (C=O) groups is 2. The Kier molecular flexibility index (Phi) is 5.95. The van der Waals surface area contributed by atoms with Crippen LogP contribution < -0.4 is 10.2 Å². The van der Waals surface area contributed by atoms with Crippen LogP contribution in [0.3, 0.4) is 0 Å². The van der Waals surface area contributed by atoms with Gasteiger partial charge in [0.2, 0.25) is 0 Å². The van der Waals surface area contributed by atoms with Gasteiger partial charge in [-0.15, -0.1) is 0 Å². The van der Waals surface area contributed by atoms with Crippen LogP contribution >= 0.6 is 0 Å². The predicted molar refractivity (Wildman–Crippen MR) is 95.5 cm³/mol. The number of hydrogen-bond donors (Lipinski definition) is 1. The number of carbonyl (C=O) groups excluding carboxylic acids is 2. The molecule has 2 aromatic carbocycles. The van der Waals surface area contributed by atoms with E-state index in [0.717, 1.165) is 12.1 Å². The van der Waals surface area contributed by atoms with Crippen LogP contribution in [0.25, 0.3) is 0 Å². The van der Waals surface area contributed by atoms with Crippen molar-refractivity contribution in [1.29, 1.82) is 0 Å². The molecule has 0 bridgehead atoms. The SMILES string of the molecule is CCc1ccc(NC(=O)COC(=O)c2cccc(N(C)C)c2)cc1. The van der Waals surface area contributed by atoms with E-state index in [9.17, 15) is 9.59 Å². The van der Waals surface area contributed by atoms with Crippen molar-refractivity contribution < 1.29 is 14.3 Å². The van der Waals surface area contributed by atoms with Crippen LogP contribution in [-0.2, 0) is 16.0 Å². The Labute approximate surface area is 142 Å². The molecular formula is C19H22N2O3. The molecule has 0 atom stereocenters. The van der Waals surface area contributed by atoms with Crippen molar-refractivity contribution in [3.8, 4) is 0 Å². The van der Waals surface area contributed by atoms with E-state index in [1.54, 1.807) is 18.2 Å². The summed E-state index contributed by atoms with van der Waals surface area (Å²) in [5.74, 6) is -0.883. The van der Waals surface area contributed by atoms with Gasteiger partial charge in [-0.25, -0.2) is 4.79 Å². The van der Waals surface area contributed by atoms with Crippen molar-refractivity contribution in [1.82, 2.24) is 0 Å². The fraction of sp³-hybridized carbons (Fsp3) is 0.263. The van der Waals surface area contributed by atoms with Gasteiger partial charge in [0.25, 0.3) is 5.91 Å². The van der Waals surface area contributed by atoms with Gasteiger partial charge in [0.15, 0.2) is 6.61 Å². The molecule has 0 spiro atoms. The molecule has 0 heterocycles. The zero-order valence-electron chi connectivity index (χ0n) is 14.2. The van der Waals surface area contributed by atoms with E-state index in [-0.39, 0.29) is 12.5 Å². The number of benzene rings is 2. The first-order chi connectivity index (χ1) is 11.5. The molecule has 0 aromatic heterocycles. The lowest BCUT2D eigenvalue weighted by molar-refractivity contribution is -0.119. The molecule has 0 aliphatic carbocycles. The predicted octanol–water partition coefficient (Wildman–Crippen LogP) is 3.11. The number of amides is 1. The Morgan fingerprint density at radius 2 is 1.79 bits per heavy atom. The largest absolute Gasteiger partial charge is 0.452 e. The summed E-state index contributed by atoms with van der Waals surface area (Å²) in [4.78, 5) is 25.8. The number of rotatable bonds is 6. The molecule has 5 heteroatoms. The molecule has 1 N–H and O–H groups in total. The van der Waals surface area contributed by atoms with Crippen molar-refractivity contribution in [2.45, 2.75) is 13.3 Å². The van der Waals surface area contributed by atoms with Gasteiger partial charge in [0.05, 0.1) is 5.56 Å². The first-order valence-corrected chi connectivity index (χ1v) is 7.83. The second kappa shape index (κ2) is 8.15. The number of ether oxygens (including phenoxy) is 1. The second-order valence-corrected chi connectivity index (χ2v) is 5.62. The maximum atomic E-state index is 12.0. The smallest absolute Gasteiger partial charge is 0.338 e. The average molecular weight is 326 g/mol. The average Bonchev–Trinajstić information content (AvgIpc) is 2.60. The van der Waals surface area contributed by atoms with Crippen LogP contribution in [0.15, 0.2) is 48.5 Å². The van der Waals surface area contributed by atoms with Gasteiger partial charge in [-0.1, -0.05) is 25.1 Å². The summed E-state index contributed by atoms with van der Waals surface area (Å²) >= 11 is 0. The number of aryl methyl sites for hydroxylation is 1. The van der Waals surface area contributed by atoms with Crippen LogP contribution in [0.4, 0.5) is 11.4 Å². The van der Waals surface area contributed by atoms with Gasteiger partial charge in [-0.05, 0) is 42.3 Å². The van der Waals surface area contributed by atoms with Gasteiger partial charge in [0.1, 0.15) is 0 Å². The van der Waals surface area contributed by atoms with E-state index >= 15 is 0 Å². The normalized spacial score (nSPS) is 10.1. The minimum atomic E-state index is -0.518. The molecule has 2 rings (SSSR count). The third-order valence-electron chi connectivity index (χ3n) is 3.58. The van der Waals surface area contributed by atoms with Crippen LogP contribution in [0.2, 0.25) is 0 Å². The third kappa shape index (κ3) is 4.84. The van der Waals surface area contributed by atoms with E-state index in [0.29, 0.717) is 11.3 Å². The molecular weight excluding hydrogens is 304 g/mol. The lowest BCUT2D eigenvalue weighted by Crippen LogP contribution is -2.21. The molecule has 24 heavy (non-hydrogen) atoms. The minimum Gasteiger partial charge on any atom is -0.452 e. The zero-order valence-corrected chi connectivity index (χ0v) is 14.2. The Hall–Kier alpha value is -2.82. The van der Waals surface area contributed by atoms with E-state index < -0.39 is 5.97 Å². The molecule has 0 radical (unpaired) electrons. The van der Waals surface area contributed by atoms with E-state index in [4.69, 9.17) is 4.74 Å². The Morgan fingerprint density at radius 1 is 1.08 bits per heavy atom. The van der Waals surface area contributed by atoms with Crippen molar-refractivity contribution >= 4 is 23.3 Å². The number of anilines is 2. The minimum absolute atomic E-state index is 0.319. The number of nitrogens with zero attached hydrogens (tertiary/aromatic N) is 1. The van der Waals surface area contributed by atoms with Crippen LogP contribution in [0.5, 0.6) is 0 Å². The van der Waals surface area contributed by atoms with Crippen molar-refractivity contribution in [3.05, 3.63) is 59.7 Å². The first-order valence-electron chi connectivity index (χ1n) is 7.83. The molecule has 2 aromatic rings. The van der Waals surface area contributed by atoms with Crippen molar-refractivity contribution in [2.75, 3.05) is 30.9 Å². The fourth-order valence-corrected chi connectivity index (χ4v) is 2.15. The summed E-state index contributed by atoms with van der Waals surface area (Å²) in [6, 6.07) is 14.6. The molecule has 126 valence electrons. The molecule has 0 saturated carbocycles. The lowest BCUT2D eigenvalue weighted by atomic mass is 10.1. The monoisotopic (exact) mass is 326 g/mol. The highest BCUT2D eigenvalue weighted by atomic mass is 16.5. The Bertz CT molecular complexity index is 709. The van der Waals surface area contributed by atoms with E-state index in [1.807, 2.05) is 49.3 Å². The number of esters is 1. The Balaban J connectivity index is 1.88. The molecule has 5 nitrogen and oxygen atoms in total. The van der Waals surface area contributed by atoms with Gasteiger partial charge in [0, 0.05) is 25.5 Å². The lowest BCUT2D eigenvalue weighted by Gasteiger charge is -2.13. The van der Waals surface area contributed by atoms with Crippen LogP contribution in [0.1, 0.15) is 22.8 Å². The number of hydrogen-bond acceptors (Lipinski definition) is 4. The van der Waals surface area contributed by atoms with E-state index in [1.165, 1.54) is 5.56 Å². The molecule has 0 unspecified atom stereocenters. The van der Waals surface area contributed by atoms with Gasteiger partial charge >= 0.3 is 5.97 Å². The third-order valence-corrected chi connectivity index (χ3v) is 3.58. The molecule has 1 amide bonds. The zero-order chi connectivity index (χ0) is 17.5. The van der Waals surface area contributed by atoms with Crippen LogP contribution in [0, 0.1) is 0 Å². The fourth-order valence-electron chi connectivity index (χ4n) is 2.15. The molecule has 0 aliphatic heterocycles. The first kappa shape index (κ1) is 17.5. The molecule has 0 saturated heterocycles. The number of nitrogens with one attached hydrogen (secondary N) is 1. The van der Waals surface area contributed by atoms with Crippen molar-refractivity contribution in [2.24, 2.45) is 0 Å². The second-order valence-electron chi connectivity index (χ2n) is 5.62. The highest BCUT2D eigenvalue weighted by Crippen LogP contribution is 2.14. The summed E-state index contributed by atoms with van der Waals surface area (Å²) < 4.78 is 5.07. The molecule has 0 aliphatic rings. The summed E-state index contributed by atoms with van der Waals surface area (Å²) in [5, 5.41) is 2.71. The van der Waals surface area contributed by atoms with Crippen LogP contribution in [-0.4, -0.2) is 32.6 Å². The van der Waals surface area contributed by atoms with Gasteiger partial charge in [-0.3, -0.25) is 4.79 Å². The summed E-state index contributed by atoms with van der Waals surface area (Å²) in [7, 11) is 3.78. The summed E-state index contributed by atoms with van der Waals surface area (Å²) in [6.07, 6.45) is 0.942. The molecule has 0 fully saturated rings. The van der Waals surface area contributed by atoms with Gasteiger partial charge in [-0.2, -0.15) is 0 Å². The van der Waals surface area contributed by atoms with Crippen molar-refractivity contribution in [3.63, 3.8) is 0 Å². The Morgan fingerprint density at radius 3 is 2.42 bits per heavy atom. The maximum Gasteiger partial charge on any atom is 0.338 e. The summed E-state index contributed by atoms with van der Waals surface area (Å²) in [5.41, 5.74) is 3.19. The highest BCUT2D eigenvalue weighted by Gasteiger charge is 2.11. The van der Waals surface area contributed by atoms with Gasteiger partial charge < -0.3 is 15.0 Å². The highest BCUT2D eigenvalue weighted by molar-refractivity contribution is 5.95. The quantitative estimate of drug-likeness (QED) is 0.829. The standard InChI is InChI=1S/C19H22N2O3/c1-4-14-8-10-16(11-9-14)20-18(22)13-24-19(23)15-6-5-7-17(12-15)21(2)3/h5-12H,4,13H2,1-3H3,(H,20,22). The van der Waals surface area contributed by atoms with E-state index in [2.05, 4.69) is 12.2 Å². The topological polar surface area (TPSA) is 58.6 Å².